The van der Waals surface area contributed by atoms with Crippen molar-refractivity contribution >= 4 is 19.7 Å². The molecule has 0 saturated heterocycles. The zero-order chi connectivity index (χ0) is 13.3. The minimum Gasteiger partial charge on any atom is -0.205 e. The first-order chi connectivity index (χ1) is 8.43. The molecule has 0 radical (unpaired) electrons. The van der Waals surface area contributed by atoms with Gasteiger partial charge in [-0.2, -0.15) is 20.1 Å². The topological polar surface area (TPSA) is 102 Å². The molecule has 7 nitrogen and oxygen atoms in total. The minimum atomic E-state index is -4.11. The van der Waals surface area contributed by atoms with Crippen LogP contribution in [0.5, 0.6) is 0 Å². The highest BCUT2D eigenvalue weighted by molar-refractivity contribution is 8.13. The third kappa shape index (κ3) is 2.18. The van der Waals surface area contributed by atoms with Crippen LogP contribution in [0.2, 0.25) is 0 Å². The second kappa shape index (κ2) is 4.36. The van der Waals surface area contributed by atoms with Gasteiger partial charge in [-0.05, 0) is 19.1 Å². The Morgan fingerprint density at radius 2 is 2.11 bits per heavy atom. The van der Waals surface area contributed by atoms with Gasteiger partial charge >= 0.3 is 0 Å². The molecule has 0 spiro atoms. The maximum atomic E-state index is 11.4. The van der Waals surface area contributed by atoms with Crippen LogP contribution in [0.1, 0.15) is 11.3 Å². The lowest BCUT2D eigenvalue weighted by Gasteiger charge is -2.03. The fraction of sp³-hybridized carbons (Fsp3) is 0.111. The third-order valence-corrected chi connectivity index (χ3v) is 3.37. The number of aromatic nitrogens is 4. The van der Waals surface area contributed by atoms with E-state index >= 15 is 0 Å². The van der Waals surface area contributed by atoms with E-state index in [9.17, 15) is 8.42 Å². The Morgan fingerprint density at radius 3 is 2.61 bits per heavy atom. The summed E-state index contributed by atoms with van der Waals surface area (Å²) in [4.78, 5) is 0. The molecule has 2 rings (SSSR count). The van der Waals surface area contributed by atoms with Crippen LogP contribution in [0.15, 0.2) is 23.4 Å². The van der Waals surface area contributed by atoms with Crippen molar-refractivity contribution in [3.8, 4) is 11.9 Å². The minimum absolute atomic E-state index is 0.146. The summed E-state index contributed by atoms with van der Waals surface area (Å²) in [6, 6.07) is 4.88. The Morgan fingerprint density at radius 1 is 1.39 bits per heavy atom. The fourth-order valence-electron chi connectivity index (χ4n) is 1.32. The standard InChI is InChI=1S/C9H6ClN5O2S/c1-6-2-3-8(14-13-6)15-9(18(10,16)17)7(4-11)5-12-15/h2-3,5H,1H3. The predicted molar refractivity (Wildman–Crippen MR) is 61.6 cm³/mol. The normalized spacial score (nSPS) is 11.2. The SMILES string of the molecule is Cc1ccc(-n2ncc(C#N)c2S(=O)(=O)Cl)nn1. The monoisotopic (exact) mass is 283 g/mol. The number of halogens is 1. The quantitative estimate of drug-likeness (QED) is 0.754. The summed E-state index contributed by atoms with van der Waals surface area (Å²) in [5, 5.41) is 19.8. The first-order valence-electron chi connectivity index (χ1n) is 4.67. The summed E-state index contributed by atoms with van der Waals surface area (Å²) < 4.78 is 23.8. The van der Waals surface area contributed by atoms with Gasteiger partial charge in [-0.3, -0.25) is 0 Å². The molecule has 0 aliphatic rings. The summed E-state index contributed by atoms with van der Waals surface area (Å²) in [5.74, 6) is 0.168. The summed E-state index contributed by atoms with van der Waals surface area (Å²) in [6.45, 7) is 1.74. The van der Waals surface area contributed by atoms with Gasteiger partial charge in [0.15, 0.2) is 10.8 Å². The van der Waals surface area contributed by atoms with Crippen molar-refractivity contribution < 1.29 is 8.42 Å². The molecule has 9 heteroatoms. The van der Waals surface area contributed by atoms with Gasteiger partial charge in [0.1, 0.15) is 11.6 Å². The van der Waals surface area contributed by atoms with E-state index in [0.717, 1.165) is 10.9 Å². The highest BCUT2D eigenvalue weighted by Gasteiger charge is 2.24. The average Bonchev–Trinajstić information content (AvgIpc) is 2.73. The van der Waals surface area contributed by atoms with Crippen molar-refractivity contribution in [2.75, 3.05) is 0 Å². The van der Waals surface area contributed by atoms with Crippen LogP contribution >= 0.6 is 10.7 Å². The number of hydrogen-bond acceptors (Lipinski definition) is 6. The second-order valence-corrected chi connectivity index (χ2v) is 5.84. The van der Waals surface area contributed by atoms with Gasteiger partial charge in [0.05, 0.1) is 11.9 Å². The molecule has 2 heterocycles. The van der Waals surface area contributed by atoms with E-state index in [1.165, 1.54) is 6.07 Å². The van der Waals surface area contributed by atoms with Crippen LogP contribution in [0.3, 0.4) is 0 Å². The van der Waals surface area contributed by atoms with Crippen LogP contribution in [0.4, 0.5) is 0 Å². The summed E-state index contributed by atoms with van der Waals surface area (Å²) >= 11 is 0. The maximum absolute atomic E-state index is 11.4. The molecular formula is C9H6ClN5O2S. The number of nitrogens with zero attached hydrogens (tertiary/aromatic N) is 5. The molecule has 18 heavy (non-hydrogen) atoms. The Kier molecular flexibility index (Phi) is 3.02. The van der Waals surface area contributed by atoms with Gasteiger partial charge in [-0.15, -0.1) is 5.10 Å². The number of aryl methyl sites for hydroxylation is 1. The third-order valence-electron chi connectivity index (χ3n) is 2.08. The molecule has 2 aromatic heterocycles. The number of nitriles is 1. The van der Waals surface area contributed by atoms with E-state index in [0.29, 0.717) is 5.69 Å². The van der Waals surface area contributed by atoms with E-state index in [4.69, 9.17) is 15.9 Å². The molecule has 0 aromatic carbocycles. The van der Waals surface area contributed by atoms with E-state index in [-0.39, 0.29) is 11.4 Å². The molecule has 0 unspecified atom stereocenters. The molecule has 92 valence electrons. The summed E-state index contributed by atoms with van der Waals surface area (Å²) in [7, 11) is 1.17. The largest absolute Gasteiger partial charge is 0.280 e. The Labute approximate surface area is 107 Å². The molecule has 0 aliphatic carbocycles. The van der Waals surface area contributed by atoms with E-state index in [2.05, 4.69) is 15.3 Å². The molecule has 0 amide bonds. The first kappa shape index (κ1) is 12.5. The van der Waals surface area contributed by atoms with Crippen LogP contribution in [-0.2, 0) is 9.05 Å². The van der Waals surface area contributed by atoms with E-state index < -0.39 is 14.1 Å². The van der Waals surface area contributed by atoms with E-state index in [1.54, 1.807) is 19.1 Å². The Bertz CT molecular complexity index is 729. The van der Waals surface area contributed by atoms with Gasteiger partial charge in [0.25, 0.3) is 9.05 Å². The highest BCUT2D eigenvalue weighted by atomic mass is 35.7. The van der Waals surface area contributed by atoms with Crippen LogP contribution in [-0.4, -0.2) is 28.4 Å². The molecule has 2 aromatic rings. The van der Waals surface area contributed by atoms with Crippen molar-refractivity contribution in [2.24, 2.45) is 0 Å². The number of rotatable bonds is 2. The molecular weight excluding hydrogens is 278 g/mol. The summed E-state index contributed by atoms with van der Waals surface area (Å²) in [5.41, 5.74) is 0.522. The zero-order valence-electron chi connectivity index (χ0n) is 9.07. The first-order valence-corrected chi connectivity index (χ1v) is 6.98. The van der Waals surface area contributed by atoms with Gasteiger partial charge in [-0.25, -0.2) is 8.42 Å². The number of hydrogen-bond donors (Lipinski definition) is 0. The van der Waals surface area contributed by atoms with Crippen molar-refractivity contribution in [1.82, 2.24) is 20.0 Å². The van der Waals surface area contributed by atoms with Gasteiger partial charge in [0.2, 0.25) is 0 Å². The Hall–Kier alpha value is -1.98. The molecule has 0 fully saturated rings. The van der Waals surface area contributed by atoms with Crippen molar-refractivity contribution in [2.45, 2.75) is 11.9 Å². The fourth-order valence-corrected chi connectivity index (χ4v) is 2.47. The molecule has 0 N–H and O–H groups in total. The zero-order valence-corrected chi connectivity index (χ0v) is 10.6. The second-order valence-electron chi connectivity index (χ2n) is 3.36. The molecule has 0 atom stereocenters. The highest BCUT2D eigenvalue weighted by Crippen LogP contribution is 2.21. The smallest absolute Gasteiger partial charge is 0.205 e. The lowest BCUT2D eigenvalue weighted by Crippen LogP contribution is -2.08. The van der Waals surface area contributed by atoms with Crippen LogP contribution in [0.25, 0.3) is 5.82 Å². The molecule has 0 saturated carbocycles. The maximum Gasteiger partial charge on any atom is 0.280 e. The van der Waals surface area contributed by atoms with Crippen LogP contribution < -0.4 is 0 Å². The van der Waals surface area contributed by atoms with Crippen molar-refractivity contribution in [1.29, 1.82) is 5.26 Å². The van der Waals surface area contributed by atoms with E-state index in [1.807, 2.05) is 0 Å². The van der Waals surface area contributed by atoms with Crippen molar-refractivity contribution in [3.63, 3.8) is 0 Å². The predicted octanol–water partition coefficient (Wildman–Crippen LogP) is 0.770. The van der Waals surface area contributed by atoms with Crippen LogP contribution in [0, 0.1) is 18.3 Å². The average molecular weight is 284 g/mol. The molecule has 0 aliphatic heterocycles. The lowest BCUT2D eigenvalue weighted by molar-refractivity contribution is 0.597. The van der Waals surface area contributed by atoms with Gasteiger partial charge in [-0.1, -0.05) is 0 Å². The van der Waals surface area contributed by atoms with Gasteiger partial charge < -0.3 is 0 Å². The summed E-state index contributed by atoms with van der Waals surface area (Å²) in [6.07, 6.45) is 1.11. The van der Waals surface area contributed by atoms with Gasteiger partial charge in [0, 0.05) is 10.7 Å². The lowest BCUT2D eigenvalue weighted by atomic mass is 10.4. The Balaban J connectivity index is 2.70. The molecule has 0 bridgehead atoms. The van der Waals surface area contributed by atoms with Crippen molar-refractivity contribution in [3.05, 3.63) is 29.6 Å².